The number of pyridine rings is 1. The average Bonchev–Trinajstić information content (AvgIpc) is 2.47. The Kier molecular flexibility index (Phi) is 4.57. The maximum atomic E-state index is 8.64. The van der Waals surface area contributed by atoms with Crippen molar-refractivity contribution in [2.24, 2.45) is 10.9 Å². The van der Waals surface area contributed by atoms with Gasteiger partial charge in [-0.2, -0.15) is 0 Å². The zero-order chi connectivity index (χ0) is 14.5. The number of nitrogens with two attached hydrogens (primary N) is 1. The van der Waals surface area contributed by atoms with Gasteiger partial charge in [0, 0.05) is 10.7 Å². The van der Waals surface area contributed by atoms with Crippen LogP contribution in [0.1, 0.15) is 16.8 Å². The summed E-state index contributed by atoms with van der Waals surface area (Å²) in [4.78, 5) is 4.02. The number of nitrogens with zero attached hydrogens (tertiary/aromatic N) is 2. The molecule has 104 valence electrons. The third-order valence-corrected chi connectivity index (χ3v) is 3.23. The van der Waals surface area contributed by atoms with E-state index in [4.69, 9.17) is 15.7 Å². The summed E-state index contributed by atoms with van der Waals surface area (Å²) in [6.45, 7) is 2.36. The fourth-order valence-electron chi connectivity index (χ4n) is 1.65. The number of hydrogen-bond donors (Lipinski definition) is 2. The number of benzene rings is 1. The summed E-state index contributed by atoms with van der Waals surface area (Å²) in [7, 11) is 0. The molecule has 0 amide bonds. The molecule has 0 aliphatic carbocycles. The Bertz CT molecular complexity index is 644. The minimum Gasteiger partial charge on any atom is -0.489 e. The van der Waals surface area contributed by atoms with Crippen LogP contribution in [0.2, 0.25) is 0 Å². The first kappa shape index (κ1) is 14.3. The molecule has 1 aromatic heterocycles. The Labute approximate surface area is 125 Å². The highest BCUT2D eigenvalue weighted by Crippen LogP contribution is 2.23. The summed E-state index contributed by atoms with van der Waals surface area (Å²) in [6, 6.07) is 9.41. The van der Waals surface area contributed by atoms with Crippen LogP contribution in [0.4, 0.5) is 0 Å². The second-order valence-electron chi connectivity index (χ2n) is 4.23. The van der Waals surface area contributed by atoms with Crippen LogP contribution in [-0.2, 0) is 6.61 Å². The first-order valence-corrected chi connectivity index (χ1v) is 6.71. The number of rotatable bonds is 4. The molecule has 0 radical (unpaired) electrons. The molecule has 0 saturated heterocycles. The molecular formula is C14H14BrN3O2. The van der Waals surface area contributed by atoms with E-state index >= 15 is 0 Å². The molecule has 6 heteroatoms. The van der Waals surface area contributed by atoms with Gasteiger partial charge in [0.15, 0.2) is 5.84 Å². The van der Waals surface area contributed by atoms with E-state index < -0.39 is 0 Å². The average molecular weight is 336 g/mol. The molecule has 1 heterocycles. The zero-order valence-electron chi connectivity index (χ0n) is 10.9. The van der Waals surface area contributed by atoms with Crippen LogP contribution in [-0.4, -0.2) is 16.0 Å². The number of aromatic nitrogens is 1. The van der Waals surface area contributed by atoms with E-state index in [9.17, 15) is 0 Å². The lowest BCUT2D eigenvalue weighted by Crippen LogP contribution is -2.15. The quantitative estimate of drug-likeness (QED) is 0.389. The smallest absolute Gasteiger partial charge is 0.188 e. The third-order valence-electron chi connectivity index (χ3n) is 2.74. The molecule has 2 rings (SSSR count). The predicted octanol–water partition coefficient (Wildman–Crippen LogP) is 2.83. The Hall–Kier alpha value is -2.08. The highest BCUT2D eigenvalue weighted by molar-refractivity contribution is 9.10. The van der Waals surface area contributed by atoms with E-state index in [0.29, 0.717) is 12.3 Å². The topological polar surface area (TPSA) is 80.7 Å². The summed E-state index contributed by atoms with van der Waals surface area (Å²) in [5.41, 5.74) is 7.87. The van der Waals surface area contributed by atoms with E-state index in [1.807, 2.05) is 31.2 Å². The minimum absolute atomic E-state index is 0.0227. The molecule has 20 heavy (non-hydrogen) atoms. The van der Waals surface area contributed by atoms with Gasteiger partial charge in [-0.25, -0.2) is 0 Å². The largest absolute Gasteiger partial charge is 0.489 e. The molecule has 0 atom stereocenters. The third kappa shape index (κ3) is 3.48. The fourth-order valence-corrected chi connectivity index (χ4v) is 1.99. The summed E-state index contributed by atoms with van der Waals surface area (Å²) < 4.78 is 6.73. The Morgan fingerprint density at radius 1 is 1.40 bits per heavy atom. The van der Waals surface area contributed by atoms with Crippen molar-refractivity contribution in [3.63, 3.8) is 0 Å². The Morgan fingerprint density at radius 3 is 2.95 bits per heavy atom. The van der Waals surface area contributed by atoms with Gasteiger partial charge in [-0.1, -0.05) is 27.2 Å². The number of hydrogen-bond acceptors (Lipinski definition) is 4. The lowest BCUT2D eigenvalue weighted by Gasteiger charge is -2.10. The Balaban J connectivity index is 2.13. The van der Waals surface area contributed by atoms with Gasteiger partial charge in [0.2, 0.25) is 0 Å². The molecule has 0 bridgehead atoms. The standard InChI is InChI=1S/C14H14BrN3O2/c1-9-2-3-11(15)7-13(9)20-8-10-4-5-17-12(6-10)14(16)18-19/h2-7,19H,8H2,1H3,(H2,16,18). The molecule has 1 aromatic carbocycles. The lowest BCUT2D eigenvalue weighted by molar-refractivity contribution is 0.303. The Morgan fingerprint density at radius 2 is 2.20 bits per heavy atom. The van der Waals surface area contributed by atoms with Gasteiger partial charge in [0.25, 0.3) is 0 Å². The maximum Gasteiger partial charge on any atom is 0.188 e. The SMILES string of the molecule is Cc1ccc(Br)cc1OCc1ccnc(/C(N)=N/O)c1. The van der Waals surface area contributed by atoms with Crippen LogP contribution in [0.3, 0.4) is 0 Å². The molecule has 0 saturated carbocycles. The molecule has 2 aromatic rings. The van der Waals surface area contributed by atoms with Gasteiger partial charge >= 0.3 is 0 Å². The van der Waals surface area contributed by atoms with Crippen molar-refractivity contribution < 1.29 is 9.94 Å². The number of oxime groups is 1. The molecule has 0 unspecified atom stereocenters. The number of aryl methyl sites for hydroxylation is 1. The lowest BCUT2D eigenvalue weighted by atomic mass is 10.2. The van der Waals surface area contributed by atoms with E-state index in [1.165, 1.54) is 0 Å². The van der Waals surface area contributed by atoms with Crippen molar-refractivity contribution in [3.05, 3.63) is 57.8 Å². The van der Waals surface area contributed by atoms with Crippen molar-refractivity contribution in [2.75, 3.05) is 0 Å². The van der Waals surface area contributed by atoms with Crippen molar-refractivity contribution >= 4 is 21.8 Å². The molecule has 3 N–H and O–H groups in total. The fraction of sp³-hybridized carbons (Fsp3) is 0.143. The molecule has 0 fully saturated rings. The monoisotopic (exact) mass is 335 g/mol. The highest BCUT2D eigenvalue weighted by atomic mass is 79.9. The summed E-state index contributed by atoms with van der Waals surface area (Å²) in [6.07, 6.45) is 1.60. The van der Waals surface area contributed by atoms with Gasteiger partial charge in [-0.05, 0) is 42.3 Å². The first-order chi connectivity index (χ1) is 9.60. The van der Waals surface area contributed by atoms with Crippen LogP contribution in [0.15, 0.2) is 46.2 Å². The number of ether oxygens (including phenoxy) is 1. The van der Waals surface area contributed by atoms with Crippen molar-refractivity contribution in [1.29, 1.82) is 0 Å². The predicted molar refractivity (Wildman–Crippen MR) is 80.0 cm³/mol. The van der Waals surface area contributed by atoms with Crippen LogP contribution >= 0.6 is 15.9 Å². The second kappa shape index (κ2) is 6.38. The zero-order valence-corrected chi connectivity index (χ0v) is 12.5. The highest BCUT2D eigenvalue weighted by Gasteiger charge is 2.05. The minimum atomic E-state index is -0.0227. The van der Waals surface area contributed by atoms with Gasteiger partial charge in [-0.3, -0.25) is 4.98 Å². The van der Waals surface area contributed by atoms with Gasteiger partial charge in [-0.15, -0.1) is 0 Å². The van der Waals surface area contributed by atoms with Crippen LogP contribution in [0, 0.1) is 6.92 Å². The van der Waals surface area contributed by atoms with Crippen molar-refractivity contribution in [1.82, 2.24) is 4.98 Å². The molecule has 0 aliphatic rings. The summed E-state index contributed by atoms with van der Waals surface area (Å²) in [5, 5.41) is 11.6. The van der Waals surface area contributed by atoms with Gasteiger partial charge < -0.3 is 15.7 Å². The second-order valence-corrected chi connectivity index (χ2v) is 5.15. The first-order valence-electron chi connectivity index (χ1n) is 5.92. The normalized spacial score (nSPS) is 11.4. The van der Waals surface area contributed by atoms with Crippen LogP contribution in [0.5, 0.6) is 5.75 Å². The van der Waals surface area contributed by atoms with Crippen LogP contribution in [0.25, 0.3) is 0 Å². The van der Waals surface area contributed by atoms with Crippen molar-refractivity contribution in [2.45, 2.75) is 13.5 Å². The van der Waals surface area contributed by atoms with Gasteiger partial charge in [0.05, 0.1) is 0 Å². The summed E-state index contributed by atoms with van der Waals surface area (Å²) in [5.74, 6) is 0.784. The van der Waals surface area contributed by atoms with Crippen molar-refractivity contribution in [3.8, 4) is 5.75 Å². The number of amidine groups is 1. The van der Waals surface area contributed by atoms with E-state index in [1.54, 1.807) is 12.3 Å². The van der Waals surface area contributed by atoms with E-state index in [0.717, 1.165) is 21.3 Å². The molecule has 5 nitrogen and oxygen atoms in total. The molecule has 0 spiro atoms. The molecular weight excluding hydrogens is 322 g/mol. The van der Waals surface area contributed by atoms with Gasteiger partial charge in [0.1, 0.15) is 18.1 Å². The molecule has 0 aliphatic heterocycles. The van der Waals surface area contributed by atoms with E-state index in [2.05, 4.69) is 26.1 Å². The van der Waals surface area contributed by atoms with Crippen LogP contribution < -0.4 is 10.5 Å². The van der Waals surface area contributed by atoms with E-state index in [-0.39, 0.29) is 5.84 Å². The maximum absolute atomic E-state index is 8.64. The summed E-state index contributed by atoms with van der Waals surface area (Å²) >= 11 is 3.41. The number of halogens is 1.